The maximum Gasteiger partial charge on any atom is 0.239 e. The van der Waals surface area contributed by atoms with Crippen LogP contribution in [0.15, 0.2) is 0 Å². The normalized spacial score (nSPS) is 12.4. The van der Waals surface area contributed by atoms with Gasteiger partial charge >= 0.3 is 0 Å². The Morgan fingerprint density at radius 3 is 2.35 bits per heavy atom. The molecule has 1 unspecified atom stereocenters. The Bertz CT molecular complexity index is 252. The number of hydrogen-bond donors (Lipinski definition) is 2. The van der Waals surface area contributed by atoms with E-state index in [0.29, 0.717) is 18.9 Å². The van der Waals surface area contributed by atoms with Crippen molar-refractivity contribution in [1.82, 2.24) is 10.2 Å². The lowest BCUT2D eigenvalue weighted by atomic mass is 10.2. The molecule has 2 amide bonds. The summed E-state index contributed by atoms with van der Waals surface area (Å²) >= 11 is 0. The summed E-state index contributed by atoms with van der Waals surface area (Å²) in [5.41, 5.74) is 0. The van der Waals surface area contributed by atoms with Gasteiger partial charge in [-0.25, -0.2) is 0 Å². The number of rotatable bonds is 7. The largest absolute Gasteiger partial charge is 0.393 e. The third-order valence-electron chi connectivity index (χ3n) is 2.29. The molecule has 5 heteroatoms. The second kappa shape index (κ2) is 8.06. The van der Waals surface area contributed by atoms with E-state index < -0.39 is 6.10 Å². The maximum absolute atomic E-state index is 11.6. The molecule has 0 radical (unpaired) electrons. The minimum absolute atomic E-state index is 0.0748. The van der Waals surface area contributed by atoms with Gasteiger partial charge in [0.2, 0.25) is 11.8 Å². The Morgan fingerprint density at radius 1 is 1.29 bits per heavy atom. The molecule has 0 aliphatic rings. The van der Waals surface area contributed by atoms with Crippen LogP contribution in [-0.2, 0) is 9.59 Å². The molecular formula is C12H24N2O3. The summed E-state index contributed by atoms with van der Waals surface area (Å²) < 4.78 is 0. The van der Waals surface area contributed by atoms with E-state index in [1.165, 1.54) is 4.90 Å². The molecule has 1 atom stereocenters. The van der Waals surface area contributed by atoms with Crippen molar-refractivity contribution in [2.45, 2.75) is 39.7 Å². The van der Waals surface area contributed by atoms with Gasteiger partial charge in [-0.2, -0.15) is 0 Å². The summed E-state index contributed by atoms with van der Waals surface area (Å²) in [6.07, 6.45) is 0.213. The van der Waals surface area contributed by atoms with Crippen LogP contribution >= 0.6 is 0 Å². The van der Waals surface area contributed by atoms with Gasteiger partial charge in [-0.3, -0.25) is 9.59 Å². The van der Waals surface area contributed by atoms with Crippen LogP contribution in [0.1, 0.15) is 33.6 Å². The number of nitrogens with zero attached hydrogens (tertiary/aromatic N) is 1. The van der Waals surface area contributed by atoms with Crippen molar-refractivity contribution in [1.29, 1.82) is 0 Å². The predicted octanol–water partition coefficient (Wildman–Crippen LogP) is 0.378. The Labute approximate surface area is 103 Å². The van der Waals surface area contributed by atoms with Crippen LogP contribution < -0.4 is 5.32 Å². The van der Waals surface area contributed by atoms with Crippen LogP contribution in [0.2, 0.25) is 0 Å². The molecule has 100 valence electrons. The van der Waals surface area contributed by atoms with Crippen molar-refractivity contribution in [2.75, 3.05) is 20.1 Å². The maximum atomic E-state index is 11.6. The van der Waals surface area contributed by atoms with Crippen molar-refractivity contribution < 1.29 is 14.7 Å². The van der Waals surface area contributed by atoms with Crippen LogP contribution in [0.25, 0.3) is 0 Å². The third kappa shape index (κ3) is 8.68. The van der Waals surface area contributed by atoms with Crippen LogP contribution in [0.4, 0.5) is 0 Å². The number of carbonyl (C=O) groups excluding carboxylic acids is 2. The van der Waals surface area contributed by atoms with Crippen LogP contribution in [0.3, 0.4) is 0 Å². The predicted molar refractivity (Wildman–Crippen MR) is 66.4 cm³/mol. The van der Waals surface area contributed by atoms with Crippen molar-refractivity contribution in [2.24, 2.45) is 5.92 Å². The standard InChI is InChI=1S/C12H24N2O3/c1-9(2)7-13-11(16)8-14(4)12(17)6-5-10(3)15/h9-10,15H,5-8H2,1-4H3,(H,13,16). The van der Waals surface area contributed by atoms with E-state index in [1.807, 2.05) is 13.8 Å². The molecule has 0 aromatic carbocycles. The summed E-state index contributed by atoms with van der Waals surface area (Å²) in [4.78, 5) is 24.4. The first-order valence-electron chi connectivity index (χ1n) is 6.01. The fourth-order valence-corrected chi connectivity index (χ4v) is 1.20. The first-order chi connectivity index (χ1) is 7.82. The molecule has 0 saturated heterocycles. The van der Waals surface area contributed by atoms with Gasteiger partial charge in [0.1, 0.15) is 0 Å². The molecule has 0 saturated carbocycles. The number of aliphatic hydroxyl groups is 1. The molecule has 0 aromatic rings. The number of nitrogens with one attached hydrogen (secondary N) is 1. The van der Waals surface area contributed by atoms with Gasteiger partial charge in [0.15, 0.2) is 0 Å². The molecule has 0 aliphatic carbocycles. The first-order valence-corrected chi connectivity index (χ1v) is 6.01. The number of carbonyl (C=O) groups is 2. The fraction of sp³-hybridized carbons (Fsp3) is 0.833. The summed E-state index contributed by atoms with van der Waals surface area (Å²) in [6.45, 7) is 6.36. The number of likely N-dealkylation sites (N-methyl/N-ethyl adjacent to an activating group) is 1. The zero-order valence-electron chi connectivity index (χ0n) is 11.2. The molecule has 0 aromatic heterocycles. The summed E-state index contributed by atoms with van der Waals surface area (Å²) in [7, 11) is 1.60. The van der Waals surface area contributed by atoms with E-state index in [1.54, 1.807) is 14.0 Å². The van der Waals surface area contributed by atoms with Gasteiger partial charge in [0.05, 0.1) is 12.6 Å². The monoisotopic (exact) mass is 244 g/mol. The molecule has 2 N–H and O–H groups in total. The molecule has 17 heavy (non-hydrogen) atoms. The lowest BCUT2D eigenvalue weighted by molar-refractivity contribution is -0.135. The van der Waals surface area contributed by atoms with E-state index in [9.17, 15) is 9.59 Å². The lowest BCUT2D eigenvalue weighted by Gasteiger charge is -2.17. The summed E-state index contributed by atoms with van der Waals surface area (Å²) in [5, 5.41) is 11.8. The Hall–Kier alpha value is -1.10. The highest BCUT2D eigenvalue weighted by Gasteiger charge is 2.13. The molecular weight excluding hydrogens is 220 g/mol. The lowest BCUT2D eigenvalue weighted by Crippen LogP contribution is -2.39. The highest BCUT2D eigenvalue weighted by molar-refractivity contribution is 5.84. The van der Waals surface area contributed by atoms with E-state index >= 15 is 0 Å². The second-order valence-electron chi connectivity index (χ2n) is 4.84. The van der Waals surface area contributed by atoms with E-state index in [2.05, 4.69) is 5.32 Å². The second-order valence-corrected chi connectivity index (χ2v) is 4.84. The van der Waals surface area contributed by atoms with Crippen molar-refractivity contribution in [3.63, 3.8) is 0 Å². The van der Waals surface area contributed by atoms with Crippen molar-refractivity contribution in [3.8, 4) is 0 Å². The number of aliphatic hydroxyl groups excluding tert-OH is 1. The van der Waals surface area contributed by atoms with Crippen LogP contribution in [0, 0.1) is 5.92 Å². The van der Waals surface area contributed by atoms with Gasteiger partial charge in [-0.15, -0.1) is 0 Å². The zero-order valence-corrected chi connectivity index (χ0v) is 11.2. The highest BCUT2D eigenvalue weighted by atomic mass is 16.3. The van der Waals surface area contributed by atoms with Gasteiger partial charge in [-0.1, -0.05) is 13.8 Å². The Kier molecular flexibility index (Phi) is 7.54. The van der Waals surface area contributed by atoms with Crippen LogP contribution in [0.5, 0.6) is 0 Å². The van der Waals surface area contributed by atoms with Crippen LogP contribution in [-0.4, -0.2) is 48.1 Å². The summed E-state index contributed by atoms with van der Waals surface area (Å²) in [6, 6.07) is 0. The van der Waals surface area contributed by atoms with Gasteiger partial charge in [-0.05, 0) is 19.3 Å². The van der Waals surface area contributed by atoms with Crippen molar-refractivity contribution >= 4 is 11.8 Å². The first kappa shape index (κ1) is 15.9. The molecule has 0 bridgehead atoms. The average molecular weight is 244 g/mol. The zero-order chi connectivity index (χ0) is 13.4. The molecule has 0 aliphatic heterocycles. The van der Waals surface area contributed by atoms with Gasteiger partial charge in [0, 0.05) is 20.0 Å². The highest BCUT2D eigenvalue weighted by Crippen LogP contribution is 1.99. The molecule has 0 spiro atoms. The molecule has 0 heterocycles. The van der Waals surface area contributed by atoms with Gasteiger partial charge < -0.3 is 15.3 Å². The SMILES string of the molecule is CC(C)CNC(=O)CN(C)C(=O)CCC(C)O. The number of amides is 2. The average Bonchev–Trinajstić information content (AvgIpc) is 2.22. The minimum Gasteiger partial charge on any atom is -0.393 e. The quantitative estimate of drug-likeness (QED) is 0.680. The summed E-state index contributed by atoms with van der Waals surface area (Å²) in [5.74, 6) is 0.132. The molecule has 0 fully saturated rings. The topological polar surface area (TPSA) is 69.6 Å². The Morgan fingerprint density at radius 2 is 1.88 bits per heavy atom. The Balaban J connectivity index is 3.86. The fourth-order valence-electron chi connectivity index (χ4n) is 1.20. The van der Waals surface area contributed by atoms with E-state index in [-0.39, 0.29) is 24.8 Å². The smallest absolute Gasteiger partial charge is 0.239 e. The van der Waals surface area contributed by atoms with E-state index in [0.717, 1.165) is 0 Å². The van der Waals surface area contributed by atoms with E-state index in [4.69, 9.17) is 5.11 Å². The number of hydrogen-bond acceptors (Lipinski definition) is 3. The molecule has 0 rings (SSSR count). The minimum atomic E-state index is -0.484. The van der Waals surface area contributed by atoms with Gasteiger partial charge in [0.25, 0.3) is 0 Å². The molecule has 5 nitrogen and oxygen atoms in total. The van der Waals surface area contributed by atoms with Crippen molar-refractivity contribution in [3.05, 3.63) is 0 Å². The third-order valence-corrected chi connectivity index (χ3v) is 2.29.